The van der Waals surface area contributed by atoms with Gasteiger partial charge in [-0.3, -0.25) is 4.44 Å². The average Bonchev–Trinajstić information content (AvgIpc) is 3.42. The Balaban J connectivity index is 1.75. The Morgan fingerprint density at radius 2 is 1.05 bits per heavy atom. The number of halogens is 6. The van der Waals surface area contributed by atoms with Gasteiger partial charge in [-0.05, 0) is 62.7 Å². The summed E-state index contributed by atoms with van der Waals surface area (Å²) in [6.45, 7) is 2.49. The lowest BCUT2D eigenvalue weighted by molar-refractivity contribution is 0.448. The van der Waals surface area contributed by atoms with Gasteiger partial charge < -0.3 is 0 Å². The molecule has 0 aliphatic carbocycles. The van der Waals surface area contributed by atoms with E-state index in [1.165, 1.54) is 0 Å². The zero-order valence-electron chi connectivity index (χ0n) is 22.4. The molecule has 1 fully saturated rings. The van der Waals surface area contributed by atoms with Crippen molar-refractivity contribution in [1.82, 2.24) is 4.44 Å². The number of hydrogen-bond acceptors (Lipinski definition) is 1. The molecule has 1 heterocycles. The fraction of sp³-hybridized carbons (Fsp3) is 0.250. The van der Waals surface area contributed by atoms with E-state index >= 15 is 0 Å². The maximum Gasteiger partial charge on any atom is 0.194 e. The van der Waals surface area contributed by atoms with Crippen LogP contribution in [0.1, 0.15) is 55.1 Å². The monoisotopic (exact) mass is 603 g/mol. The van der Waals surface area contributed by atoms with E-state index in [2.05, 4.69) is 28.7 Å². The predicted molar refractivity (Wildman–Crippen MR) is 155 cm³/mol. The van der Waals surface area contributed by atoms with Crippen LogP contribution in [0.5, 0.6) is 0 Å². The number of rotatable bonds is 9. The first-order valence-electron chi connectivity index (χ1n) is 13.5. The number of benzene rings is 4. The molecule has 1 saturated heterocycles. The Kier molecular flexibility index (Phi) is 9.49. The number of nitrogens with zero attached hydrogens (tertiary/aromatic N) is 1. The fourth-order valence-corrected chi connectivity index (χ4v) is 13.0. The summed E-state index contributed by atoms with van der Waals surface area (Å²) >= 11 is 0. The first kappa shape index (κ1) is 29.8. The third-order valence-corrected chi connectivity index (χ3v) is 13.8. The van der Waals surface area contributed by atoms with Gasteiger partial charge in [-0.2, -0.15) is 0 Å². The summed E-state index contributed by atoms with van der Waals surface area (Å²) in [5.41, 5.74) is 2.34. The number of unbranched alkanes of at least 4 members (excludes halogenated alkanes) is 1. The second-order valence-electron chi connectivity index (χ2n) is 10.0. The third kappa shape index (κ3) is 6.23. The first-order chi connectivity index (χ1) is 19.8. The van der Waals surface area contributed by atoms with Crippen molar-refractivity contribution in [3.05, 3.63) is 131 Å². The van der Waals surface area contributed by atoms with Crippen LogP contribution in [0.4, 0.5) is 26.3 Å². The van der Waals surface area contributed by atoms with E-state index in [1.54, 1.807) is 0 Å². The van der Waals surface area contributed by atoms with Crippen LogP contribution < -0.4 is 10.6 Å². The minimum absolute atomic E-state index is 0.0588. The van der Waals surface area contributed by atoms with Crippen LogP contribution in [0.2, 0.25) is 0 Å². The number of hydrogen-bond donors (Lipinski definition) is 0. The summed E-state index contributed by atoms with van der Waals surface area (Å²) < 4.78 is 89.1. The van der Waals surface area contributed by atoms with Gasteiger partial charge in [-0.25, -0.2) is 26.3 Å². The fourth-order valence-electron chi connectivity index (χ4n) is 5.47. The second kappa shape index (κ2) is 13.1. The molecule has 214 valence electrons. The molecule has 0 bridgehead atoms. The van der Waals surface area contributed by atoms with E-state index < -0.39 is 51.0 Å². The SMILES string of the molecule is CCCCN(P(c1cc(F)c(F)c(F)c1)c1cc(F)c(F)c(F)c1)P1C(c2ccccc2)CCC1c1ccccc1. The zero-order valence-corrected chi connectivity index (χ0v) is 24.2. The molecular weight excluding hydrogens is 574 g/mol. The van der Waals surface area contributed by atoms with Gasteiger partial charge >= 0.3 is 0 Å². The first-order valence-corrected chi connectivity index (χ1v) is 16.3. The minimum atomic E-state index is -1.99. The molecule has 0 aromatic heterocycles. The lowest BCUT2D eigenvalue weighted by Crippen LogP contribution is -2.29. The smallest absolute Gasteiger partial charge is 0.194 e. The van der Waals surface area contributed by atoms with Crippen molar-refractivity contribution in [3.8, 4) is 0 Å². The van der Waals surface area contributed by atoms with Gasteiger partial charge in [-0.1, -0.05) is 74.0 Å². The Bertz CT molecular complexity index is 1340. The van der Waals surface area contributed by atoms with Gasteiger partial charge in [0.2, 0.25) is 0 Å². The second-order valence-corrected chi connectivity index (χ2v) is 15.0. The van der Waals surface area contributed by atoms with Crippen LogP contribution in [0.15, 0.2) is 84.9 Å². The van der Waals surface area contributed by atoms with Crippen LogP contribution in [0, 0.1) is 34.9 Å². The summed E-state index contributed by atoms with van der Waals surface area (Å²) in [6, 6.07) is 23.6. The molecule has 0 saturated carbocycles. The Hall–Kier alpha value is -2.72. The molecule has 4 aromatic carbocycles. The molecular formula is C32H29F6NP2. The van der Waals surface area contributed by atoms with E-state index in [4.69, 9.17) is 0 Å². The molecule has 2 atom stereocenters. The normalized spacial score (nSPS) is 18.9. The van der Waals surface area contributed by atoms with Gasteiger partial charge in [0.05, 0.1) is 0 Å². The predicted octanol–water partition coefficient (Wildman–Crippen LogP) is 9.64. The Labute approximate surface area is 238 Å². The minimum Gasteiger partial charge on any atom is -0.251 e. The van der Waals surface area contributed by atoms with Gasteiger partial charge in [0.15, 0.2) is 34.9 Å². The molecule has 1 nitrogen and oxygen atoms in total. The molecule has 5 rings (SSSR count). The highest BCUT2D eigenvalue weighted by atomic mass is 31.2. The largest absolute Gasteiger partial charge is 0.251 e. The Morgan fingerprint density at radius 1 is 0.659 bits per heavy atom. The van der Waals surface area contributed by atoms with Crippen LogP contribution in [-0.4, -0.2) is 11.0 Å². The molecule has 9 heteroatoms. The van der Waals surface area contributed by atoms with Crippen LogP contribution in [-0.2, 0) is 0 Å². The van der Waals surface area contributed by atoms with Gasteiger partial charge in [0.25, 0.3) is 0 Å². The third-order valence-electron chi connectivity index (χ3n) is 7.36. The maximum absolute atomic E-state index is 14.7. The molecule has 4 aromatic rings. The van der Waals surface area contributed by atoms with E-state index in [0.29, 0.717) is 13.0 Å². The molecule has 0 radical (unpaired) electrons. The maximum atomic E-state index is 14.7. The van der Waals surface area contributed by atoms with Crippen molar-refractivity contribution in [3.63, 3.8) is 0 Å². The molecule has 0 spiro atoms. The summed E-state index contributed by atoms with van der Waals surface area (Å²) in [7, 11) is -3.15. The van der Waals surface area contributed by atoms with Crippen molar-refractivity contribution < 1.29 is 26.3 Å². The molecule has 0 N–H and O–H groups in total. The highest BCUT2D eigenvalue weighted by Gasteiger charge is 2.44. The standard InChI is InChI=1S/C32H29F6NP2/c1-2-3-16-39(41-29(21-10-6-4-7-11-21)14-15-30(41)22-12-8-5-9-13-22)40(23-17-25(33)31(37)26(34)18-23)24-19-27(35)32(38)28(36)20-24/h4-13,17-20,29-30H,2-3,14-16H2,1H3. The zero-order chi connectivity index (χ0) is 29.1. The average molecular weight is 604 g/mol. The summed E-state index contributed by atoms with van der Waals surface area (Å²) in [5.74, 6) is -8.77. The van der Waals surface area contributed by atoms with Gasteiger partial charge in [0.1, 0.15) is 0 Å². The molecule has 1 aliphatic rings. The quantitative estimate of drug-likeness (QED) is 0.105. The summed E-state index contributed by atoms with van der Waals surface area (Å²) in [6.07, 6.45) is 3.20. The summed E-state index contributed by atoms with van der Waals surface area (Å²) in [4.78, 5) is 0. The van der Waals surface area contributed by atoms with Crippen molar-refractivity contribution in [1.29, 1.82) is 0 Å². The molecule has 0 amide bonds. The van der Waals surface area contributed by atoms with E-state index in [9.17, 15) is 26.3 Å². The van der Waals surface area contributed by atoms with Crippen molar-refractivity contribution in [2.24, 2.45) is 0 Å². The van der Waals surface area contributed by atoms with Crippen LogP contribution in [0.3, 0.4) is 0 Å². The Morgan fingerprint density at radius 3 is 1.41 bits per heavy atom. The lowest BCUT2D eigenvalue weighted by Gasteiger charge is -2.42. The van der Waals surface area contributed by atoms with Crippen molar-refractivity contribution in [2.75, 3.05) is 6.54 Å². The highest BCUT2D eigenvalue weighted by molar-refractivity contribution is 7.79. The van der Waals surface area contributed by atoms with Crippen LogP contribution >= 0.6 is 16.1 Å². The van der Waals surface area contributed by atoms with Crippen molar-refractivity contribution >= 4 is 26.8 Å². The van der Waals surface area contributed by atoms with E-state index in [1.807, 2.05) is 43.3 Å². The highest BCUT2D eigenvalue weighted by Crippen LogP contribution is 2.76. The van der Waals surface area contributed by atoms with Crippen molar-refractivity contribution in [2.45, 2.75) is 43.9 Å². The van der Waals surface area contributed by atoms with Crippen LogP contribution in [0.25, 0.3) is 0 Å². The van der Waals surface area contributed by atoms with E-state index in [0.717, 1.165) is 54.7 Å². The van der Waals surface area contributed by atoms with E-state index in [-0.39, 0.29) is 21.9 Å². The molecule has 41 heavy (non-hydrogen) atoms. The van der Waals surface area contributed by atoms with Gasteiger partial charge in [0, 0.05) is 36.5 Å². The van der Waals surface area contributed by atoms with Gasteiger partial charge in [-0.15, -0.1) is 0 Å². The summed E-state index contributed by atoms with van der Waals surface area (Å²) in [5, 5.41) is 0.150. The molecule has 2 unspecified atom stereocenters. The molecule has 1 aliphatic heterocycles. The topological polar surface area (TPSA) is 3.24 Å². The lowest BCUT2D eigenvalue weighted by atomic mass is 10.0.